The van der Waals surface area contributed by atoms with Gasteiger partial charge >= 0.3 is 0 Å². The van der Waals surface area contributed by atoms with Crippen molar-refractivity contribution >= 4 is 46.0 Å². The molecule has 3 aromatic carbocycles. The number of halogens is 1. The lowest BCUT2D eigenvalue weighted by atomic mass is 9.88. The van der Waals surface area contributed by atoms with Gasteiger partial charge in [-0.05, 0) is 58.0 Å². The van der Waals surface area contributed by atoms with E-state index in [0.29, 0.717) is 0 Å². The molecule has 5 aromatic rings. The summed E-state index contributed by atoms with van der Waals surface area (Å²) in [5.41, 5.74) is 5.07. The summed E-state index contributed by atoms with van der Waals surface area (Å²) in [6, 6.07) is 30.3. The fourth-order valence-corrected chi connectivity index (χ4v) is 5.00. The predicted octanol–water partition coefficient (Wildman–Crippen LogP) is 7.59. The lowest BCUT2D eigenvalue weighted by Gasteiger charge is -2.18. The first-order valence-electron chi connectivity index (χ1n) is 10.4. The summed E-state index contributed by atoms with van der Waals surface area (Å²) in [5, 5.41) is 3.85. The summed E-state index contributed by atoms with van der Waals surface area (Å²) >= 11 is 7.89. The Hall–Kier alpha value is -3.40. The van der Waals surface area contributed by atoms with Gasteiger partial charge in [0.05, 0.1) is 0 Å². The highest BCUT2D eigenvalue weighted by Gasteiger charge is 2.19. The molecule has 5 rings (SSSR count). The van der Waals surface area contributed by atoms with Crippen molar-refractivity contribution in [1.82, 2.24) is 4.98 Å². The van der Waals surface area contributed by atoms with Crippen LogP contribution in [-0.4, -0.2) is 4.98 Å². The number of H-pyrrole nitrogens is 1. The highest BCUT2D eigenvalue weighted by molar-refractivity contribution is 7.10. The van der Waals surface area contributed by atoms with Crippen molar-refractivity contribution in [2.45, 2.75) is 5.92 Å². The molecule has 0 amide bonds. The van der Waals surface area contributed by atoms with Crippen LogP contribution in [0.5, 0.6) is 0 Å². The van der Waals surface area contributed by atoms with Crippen molar-refractivity contribution < 1.29 is 0 Å². The van der Waals surface area contributed by atoms with E-state index in [4.69, 9.17) is 11.6 Å². The molecule has 0 saturated carbocycles. The minimum atomic E-state index is -0.106. The van der Waals surface area contributed by atoms with Gasteiger partial charge in [0.2, 0.25) is 5.56 Å². The predicted molar refractivity (Wildman–Crippen MR) is 137 cm³/mol. The first kappa shape index (κ1) is 20.5. The number of fused-ring (bicyclic) bond motifs is 1. The van der Waals surface area contributed by atoms with Gasteiger partial charge in [0.1, 0.15) is 0 Å². The Morgan fingerprint density at radius 3 is 2.34 bits per heavy atom. The van der Waals surface area contributed by atoms with E-state index < -0.39 is 0 Å². The molecule has 4 heteroatoms. The lowest BCUT2D eigenvalue weighted by molar-refractivity contribution is 1.01. The molecule has 1 unspecified atom stereocenters. The molecule has 0 aliphatic rings. The van der Waals surface area contributed by atoms with Crippen molar-refractivity contribution in [2.24, 2.45) is 0 Å². The molecule has 2 aromatic heterocycles. The molecular formula is C28H20ClNOS. The first-order valence-corrected chi connectivity index (χ1v) is 11.6. The van der Waals surface area contributed by atoms with Crippen LogP contribution in [0, 0.1) is 0 Å². The van der Waals surface area contributed by atoms with Gasteiger partial charge in [0, 0.05) is 32.8 Å². The second-order valence-corrected chi connectivity index (χ2v) is 9.05. The fourth-order valence-electron chi connectivity index (χ4n) is 4.00. The molecule has 1 atom stereocenters. The Kier molecular flexibility index (Phi) is 5.76. The van der Waals surface area contributed by atoms with Gasteiger partial charge in [-0.25, -0.2) is 0 Å². The average Bonchev–Trinajstić information content (AvgIpc) is 3.34. The average molecular weight is 454 g/mol. The van der Waals surface area contributed by atoms with E-state index in [1.54, 1.807) is 17.4 Å². The molecule has 1 N–H and O–H groups in total. The summed E-state index contributed by atoms with van der Waals surface area (Å²) in [6.45, 7) is 0. The Bertz CT molecular complexity index is 1440. The van der Waals surface area contributed by atoms with Crippen LogP contribution >= 0.6 is 22.9 Å². The maximum Gasteiger partial charge on any atom is 0.249 e. The van der Waals surface area contributed by atoms with E-state index in [1.807, 2.05) is 60.7 Å². The third-order valence-electron chi connectivity index (χ3n) is 5.52. The van der Waals surface area contributed by atoms with E-state index in [1.165, 1.54) is 16.0 Å². The van der Waals surface area contributed by atoms with E-state index in [2.05, 4.69) is 46.8 Å². The molecule has 0 aliphatic heterocycles. The number of benzene rings is 3. The second-order valence-electron chi connectivity index (χ2n) is 7.64. The van der Waals surface area contributed by atoms with Crippen molar-refractivity contribution in [1.29, 1.82) is 0 Å². The summed E-state index contributed by atoms with van der Waals surface area (Å²) in [7, 11) is 0. The maximum absolute atomic E-state index is 12.3. The Morgan fingerprint density at radius 2 is 1.59 bits per heavy atom. The summed E-state index contributed by atoms with van der Waals surface area (Å²) < 4.78 is 0. The first-order chi connectivity index (χ1) is 15.7. The molecule has 0 aliphatic carbocycles. The number of rotatable bonds is 5. The van der Waals surface area contributed by atoms with Crippen LogP contribution in [0.2, 0.25) is 5.02 Å². The number of thiophene rings is 1. The van der Waals surface area contributed by atoms with Crippen LogP contribution in [0.15, 0.2) is 101 Å². The number of aromatic nitrogens is 1. The van der Waals surface area contributed by atoms with E-state index >= 15 is 0 Å². The van der Waals surface area contributed by atoms with Crippen LogP contribution in [0.25, 0.3) is 23.1 Å². The number of hydrogen-bond acceptors (Lipinski definition) is 2. The highest BCUT2D eigenvalue weighted by Crippen LogP contribution is 2.36. The maximum atomic E-state index is 12.3. The summed E-state index contributed by atoms with van der Waals surface area (Å²) in [5.74, 6) is 0.0922. The van der Waals surface area contributed by atoms with Crippen LogP contribution in [-0.2, 0) is 0 Å². The molecule has 0 saturated heterocycles. The van der Waals surface area contributed by atoms with Crippen LogP contribution in [0.1, 0.15) is 33.0 Å². The van der Waals surface area contributed by atoms with Crippen LogP contribution in [0.4, 0.5) is 0 Å². The smallest absolute Gasteiger partial charge is 0.249 e. The van der Waals surface area contributed by atoms with Crippen molar-refractivity contribution in [3.8, 4) is 0 Å². The van der Waals surface area contributed by atoms with Crippen LogP contribution in [0.3, 0.4) is 0 Å². The number of aromatic amines is 1. The van der Waals surface area contributed by atoms with Crippen molar-refractivity contribution in [2.75, 3.05) is 0 Å². The second kappa shape index (κ2) is 8.99. The lowest BCUT2D eigenvalue weighted by Crippen LogP contribution is -2.06. The minimum Gasteiger partial charge on any atom is -0.322 e. The van der Waals surface area contributed by atoms with Gasteiger partial charge in [-0.2, -0.15) is 0 Å². The van der Waals surface area contributed by atoms with Gasteiger partial charge in [0.15, 0.2) is 0 Å². The van der Waals surface area contributed by atoms with Gasteiger partial charge in [-0.1, -0.05) is 78.4 Å². The van der Waals surface area contributed by atoms with Crippen LogP contribution < -0.4 is 5.56 Å². The molecule has 0 radical (unpaired) electrons. The van der Waals surface area contributed by atoms with Crippen molar-refractivity contribution in [3.05, 3.63) is 139 Å². The molecule has 32 heavy (non-hydrogen) atoms. The molecular weight excluding hydrogens is 434 g/mol. The molecule has 0 bridgehead atoms. The fraction of sp³-hybridized carbons (Fsp3) is 0.0357. The third-order valence-corrected chi connectivity index (χ3v) is 6.71. The largest absolute Gasteiger partial charge is 0.322 e. The van der Waals surface area contributed by atoms with Gasteiger partial charge < -0.3 is 4.98 Å². The number of nitrogens with one attached hydrogen (secondary N) is 1. The minimum absolute atomic E-state index is 0.0922. The number of hydrogen-bond donors (Lipinski definition) is 1. The zero-order valence-electron chi connectivity index (χ0n) is 17.2. The monoisotopic (exact) mass is 453 g/mol. The van der Waals surface area contributed by atoms with Gasteiger partial charge in [-0.15, -0.1) is 11.3 Å². The van der Waals surface area contributed by atoms with E-state index in [0.717, 1.165) is 27.1 Å². The normalized spacial score (nSPS) is 12.4. The third kappa shape index (κ3) is 4.31. The SMILES string of the molecule is O=c1cc(C=Cc2ccccc2)c2cc(C(c3ccc(Cl)cc3)c3cccs3)ccc2[nH]1. The van der Waals surface area contributed by atoms with Crippen molar-refractivity contribution in [3.63, 3.8) is 0 Å². The summed E-state index contributed by atoms with van der Waals surface area (Å²) in [4.78, 5) is 16.5. The molecule has 0 spiro atoms. The molecule has 156 valence electrons. The quantitative estimate of drug-likeness (QED) is 0.292. The highest BCUT2D eigenvalue weighted by atomic mass is 35.5. The Balaban J connectivity index is 1.65. The zero-order valence-corrected chi connectivity index (χ0v) is 18.7. The number of pyridine rings is 1. The van der Waals surface area contributed by atoms with E-state index in [9.17, 15) is 4.79 Å². The molecule has 2 nitrogen and oxygen atoms in total. The van der Waals surface area contributed by atoms with E-state index in [-0.39, 0.29) is 11.5 Å². The standard InChI is InChI=1S/C28H20ClNOS/c29-23-13-10-20(11-14-23)28(26-7-4-16-32-26)22-12-15-25-24(17-22)21(18-27(31)30-25)9-8-19-5-2-1-3-6-19/h1-18,28H,(H,30,31). The Labute approximate surface area is 195 Å². The topological polar surface area (TPSA) is 32.9 Å². The zero-order chi connectivity index (χ0) is 21.9. The van der Waals surface area contributed by atoms with Gasteiger partial charge in [-0.3, -0.25) is 4.79 Å². The van der Waals surface area contributed by atoms with Gasteiger partial charge in [0.25, 0.3) is 0 Å². The molecule has 2 heterocycles. The Morgan fingerprint density at radius 1 is 0.812 bits per heavy atom. The summed E-state index contributed by atoms with van der Waals surface area (Å²) in [6.07, 6.45) is 4.05. The molecule has 0 fully saturated rings.